The number of rotatable bonds is 3. The Kier molecular flexibility index (Phi) is 4.34. The maximum Gasteiger partial charge on any atom is 0.317 e. The summed E-state index contributed by atoms with van der Waals surface area (Å²) >= 11 is 0. The van der Waals surface area contributed by atoms with Gasteiger partial charge in [0.25, 0.3) is 0 Å². The molecule has 2 amide bonds. The van der Waals surface area contributed by atoms with E-state index in [0.717, 1.165) is 0 Å². The maximum atomic E-state index is 12.2. The number of carbonyl (C=O) groups excluding carboxylic acids is 1. The molecule has 0 aliphatic carbocycles. The number of nitrogens with zero attached hydrogens (tertiary/aromatic N) is 1. The highest BCUT2D eigenvalue weighted by Gasteiger charge is 2.33. The monoisotopic (exact) mass is 340 g/mol. The zero-order valence-corrected chi connectivity index (χ0v) is 13.7. The Hall–Kier alpha value is -1.96. The lowest BCUT2D eigenvalue weighted by atomic mass is 10.2. The van der Waals surface area contributed by atoms with Gasteiger partial charge in [0, 0.05) is 13.1 Å². The summed E-state index contributed by atoms with van der Waals surface area (Å²) in [5.74, 6) is 1.54. The Labute approximate surface area is 135 Å². The number of para-hydroxylation sites is 2. The lowest BCUT2D eigenvalue weighted by Gasteiger charge is -2.28. The van der Waals surface area contributed by atoms with Crippen molar-refractivity contribution in [2.24, 2.45) is 0 Å². The van der Waals surface area contributed by atoms with Gasteiger partial charge in [0.15, 0.2) is 27.4 Å². The highest BCUT2D eigenvalue weighted by Crippen LogP contribution is 2.30. The van der Waals surface area contributed by atoms with E-state index >= 15 is 0 Å². The first-order valence-electron chi connectivity index (χ1n) is 7.54. The highest BCUT2D eigenvalue weighted by molar-refractivity contribution is 7.91. The molecule has 2 aliphatic heterocycles. The fourth-order valence-corrected chi connectivity index (χ4v) is 4.51. The summed E-state index contributed by atoms with van der Waals surface area (Å²) in [7, 11) is -1.39. The van der Waals surface area contributed by atoms with Crippen LogP contribution in [0.1, 0.15) is 6.42 Å². The van der Waals surface area contributed by atoms with Crippen LogP contribution in [0.5, 0.6) is 11.5 Å². The summed E-state index contributed by atoms with van der Waals surface area (Å²) in [6.45, 7) is 0.662. The smallest absolute Gasteiger partial charge is 0.317 e. The van der Waals surface area contributed by atoms with E-state index in [-0.39, 0.29) is 29.7 Å². The molecule has 0 unspecified atom stereocenters. The summed E-state index contributed by atoms with van der Waals surface area (Å²) < 4.78 is 34.3. The molecular formula is C15H20N2O5S. The first-order chi connectivity index (χ1) is 10.9. The highest BCUT2D eigenvalue weighted by atomic mass is 32.2. The average Bonchev–Trinajstić information content (AvgIpc) is 2.91. The molecule has 0 aromatic heterocycles. The van der Waals surface area contributed by atoms with Crippen LogP contribution < -0.4 is 14.8 Å². The van der Waals surface area contributed by atoms with Gasteiger partial charge in [0.1, 0.15) is 6.61 Å². The van der Waals surface area contributed by atoms with Crippen molar-refractivity contribution in [2.75, 3.05) is 31.7 Å². The van der Waals surface area contributed by atoms with Crippen LogP contribution >= 0.6 is 0 Å². The van der Waals surface area contributed by atoms with Crippen LogP contribution in [-0.4, -0.2) is 63.2 Å². The number of fused-ring (bicyclic) bond motifs is 1. The lowest BCUT2D eigenvalue weighted by molar-refractivity contribution is 0.0900. The van der Waals surface area contributed by atoms with E-state index in [1.54, 1.807) is 7.05 Å². The Morgan fingerprint density at radius 1 is 1.35 bits per heavy atom. The van der Waals surface area contributed by atoms with E-state index in [2.05, 4.69) is 5.32 Å². The van der Waals surface area contributed by atoms with Gasteiger partial charge in [-0.1, -0.05) is 12.1 Å². The quantitative estimate of drug-likeness (QED) is 0.873. The van der Waals surface area contributed by atoms with Crippen molar-refractivity contribution in [1.29, 1.82) is 0 Å². The Morgan fingerprint density at radius 2 is 2.09 bits per heavy atom. The van der Waals surface area contributed by atoms with E-state index in [1.807, 2.05) is 24.3 Å². The molecule has 23 heavy (non-hydrogen) atoms. The predicted octanol–water partition coefficient (Wildman–Crippen LogP) is 0.655. The molecule has 3 rings (SSSR count). The fourth-order valence-electron chi connectivity index (χ4n) is 2.74. The number of benzene rings is 1. The van der Waals surface area contributed by atoms with Gasteiger partial charge in [-0.05, 0) is 18.6 Å². The minimum Gasteiger partial charge on any atom is -0.486 e. The first kappa shape index (κ1) is 15.9. The van der Waals surface area contributed by atoms with E-state index in [4.69, 9.17) is 9.47 Å². The fraction of sp³-hybridized carbons (Fsp3) is 0.533. The van der Waals surface area contributed by atoms with Crippen LogP contribution in [-0.2, 0) is 9.84 Å². The zero-order chi connectivity index (χ0) is 16.4. The van der Waals surface area contributed by atoms with Crippen LogP contribution in [0, 0.1) is 0 Å². The molecule has 8 heteroatoms. The Balaban J connectivity index is 1.50. The van der Waals surface area contributed by atoms with Crippen molar-refractivity contribution in [2.45, 2.75) is 18.6 Å². The number of urea groups is 1. The molecule has 2 heterocycles. The molecule has 0 saturated carbocycles. The molecule has 1 fully saturated rings. The van der Waals surface area contributed by atoms with Crippen LogP contribution in [0.2, 0.25) is 0 Å². The van der Waals surface area contributed by atoms with Crippen LogP contribution in [0.15, 0.2) is 24.3 Å². The van der Waals surface area contributed by atoms with E-state index in [9.17, 15) is 13.2 Å². The first-order valence-corrected chi connectivity index (χ1v) is 9.36. The van der Waals surface area contributed by atoms with Gasteiger partial charge in [-0.25, -0.2) is 13.2 Å². The topological polar surface area (TPSA) is 84.9 Å². The third-order valence-corrected chi connectivity index (χ3v) is 5.88. The predicted molar refractivity (Wildman–Crippen MR) is 84.6 cm³/mol. The van der Waals surface area contributed by atoms with Crippen molar-refractivity contribution in [1.82, 2.24) is 10.2 Å². The van der Waals surface area contributed by atoms with Crippen LogP contribution in [0.25, 0.3) is 0 Å². The maximum absolute atomic E-state index is 12.2. The second kappa shape index (κ2) is 6.27. The van der Waals surface area contributed by atoms with Crippen molar-refractivity contribution in [3.05, 3.63) is 24.3 Å². The van der Waals surface area contributed by atoms with Gasteiger partial charge < -0.3 is 19.7 Å². The number of amides is 2. The van der Waals surface area contributed by atoms with Crippen molar-refractivity contribution in [3.63, 3.8) is 0 Å². The minimum absolute atomic E-state index is 0.0351. The van der Waals surface area contributed by atoms with Crippen molar-refractivity contribution >= 4 is 15.9 Å². The van der Waals surface area contributed by atoms with E-state index < -0.39 is 9.84 Å². The molecule has 0 bridgehead atoms. The number of sulfone groups is 1. The standard InChI is InChI=1S/C15H20N2O5S/c1-17(11-6-7-23(19,20)10-11)15(18)16-8-12-9-21-13-4-2-3-5-14(13)22-12/h2-5,11-12H,6-10H2,1H3,(H,16,18)/t11-,12-/m0/s1. The number of ether oxygens (including phenoxy) is 2. The molecule has 1 saturated heterocycles. The second-order valence-corrected chi connectivity index (χ2v) is 8.08. The van der Waals surface area contributed by atoms with Crippen LogP contribution in [0.4, 0.5) is 4.79 Å². The van der Waals surface area contributed by atoms with Crippen LogP contribution in [0.3, 0.4) is 0 Å². The third-order valence-electron chi connectivity index (χ3n) is 4.12. The Morgan fingerprint density at radius 3 is 2.78 bits per heavy atom. The minimum atomic E-state index is -3.01. The summed E-state index contributed by atoms with van der Waals surface area (Å²) in [6.07, 6.45) is 0.220. The largest absolute Gasteiger partial charge is 0.486 e. The van der Waals surface area contributed by atoms with Gasteiger partial charge >= 0.3 is 6.03 Å². The number of hydrogen-bond acceptors (Lipinski definition) is 5. The SMILES string of the molecule is CN(C(=O)NC[C@H]1COc2ccccc2O1)[C@H]1CCS(=O)(=O)C1. The summed E-state index contributed by atoms with van der Waals surface area (Å²) in [6, 6.07) is 6.82. The second-order valence-electron chi connectivity index (χ2n) is 5.85. The average molecular weight is 340 g/mol. The number of hydrogen-bond donors (Lipinski definition) is 1. The van der Waals surface area contributed by atoms with E-state index in [0.29, 0.717) is 31.1 Å². The summed E-state index contributed by atoms with van der Waals surface area (Å²) in [4.78, 5) is 13.6. The Bertz CT molecular complexity index is 691. The molecule has 1 aromatic carbocycles. The lowest BCUT2D eigenvalue weighted by Crippen LogP contribution is -2.48. The van der Waals surface area contributed by atoms with Gasteiger partial charge in [0.05, 0.1) is 18.1 Å². The molecule has 0 spiro atoms. The van der Waals surface area contributed by atoms with Gasteiger partial charge in [-0.3, -0.25) is 0 Å². The summed E-state index contributed by atoms with van der Waals surface area (Å²) in [5, 5.41) is 2.77. The van der Waals surface area contributed by atoms with E-state index in [1.165, 1.54) is 4.90 Å². The number of carbonyl (C=O) groups is 1. The molecule has 0 radical (unpaired) electrons. The summed E-state index contributed by atoms with van der Waals surface area (Å²) in [5.41, 5.74) is 0. The molecule has 2 atom stereocenters. The number of nitrogens with one attached hydrogen (secondary N) is 1. The van der Waals surface area contributed by atoms with Gasteiger partial charge in [0.2, 0.25) is 0 Å². The molecule has 126 valence electrons. The molecular weight excluding hydrogens is 320 g/mol. The molecule has 2 aliphatic rings. The van der Waals surface area contributed by atoms with Gasteiger partial charge in [-0.2, -0.15) is 0 Å². The molecule has 1 N–H and O–H groups in total. The normalized spacial score (nSPS) is 24.9. The van der Waals surface area contributed by atoms with Gasteiger partial charge in [-0.15, -0.1) is 0 Å². The van der Waals surface area contributed by atoms with Crippen molar-refractivity contribution < 1.29 is 22.7 Å². The van der Waals surface area contributed by atoms with Crippen molar-refractivity contribution in [3.8, 4) is 11.5 Å². The zero-order valence-electron chi connectivity index (χ0n) is 12.9. The molecule has 1 aromatic rings. The third kappa shape index (κ3) is 3.69. The molecule has 7 nitrogen and oxygen atoms in total.